The fourth-order valence-electron chi connectivity index (χ4n) is 1.94. The van der Waals surface area contributed by atoms with Gasteiger partial charge in [0.25, 0.3) is 5.91 Å². The summed E-state index contributed by atoms with van der Waals surface area (Å²) >= 11 is 9.12. The molecule has 0 saturated carbocycles. The molecule has 24 heavy (non-hydrogen) atoms. The first-order valence-electron chi connectivity index (χ1n) is 7.11. The predicted molar refractivity (Wildman–Crippen MR) is 97.7 cm³/mol. The molecule has 126 valence electrons. The van der Waals surface area contributed by atoms with Crippen molar-refractivity contribution >= 4 is 45.2 Å². The zero-order valence-corrected chi connectivity index (χ0v) is 15.5. The van der Waals surface area contributed by atoms with Gasteiger partial charge in [0.1, 0.15) is 5.75 Å². The second-order valence-electron chi connectivity index (χ2n) is 5.11. The summed E-state index contributed by atoms with van der Waals surface area (Å²) < 4.78 is 5.98. The maximum atomic E-state index is 11.9. The summed E-state index contributed by atoms with van der Waals surface area (Å²) in [5.74, 6) is -0.0934. The summed E-state index contributed by atoms with van der Waals surface area (Å²) in [5.41, 5.74) is 2.65. The van der Waals surface area contributed by atoms with Gasteiger partial charge in [0.15, 0.2) is 6.61 Å². The zero-order chi connectivity index (χ0) is 17.7. The number of rotatable bonds is 4. The monoisotopic (exact) mass is 410 g/mol. The average molecular weight is 412 g/mol. The highest BCUT2D eigenvalue weighted by Crippen LogP contribution is 2.27. The van der Waals surface area contributed by atoms with E-state index in [2.05, 4.69) is 26.6 Å². The maximum absolute atomic E-state index is 11.9. The molecule has 0 aliphatic carbocycles. The molecule has 0 saturated heterocycles. The van der Waals surface area contributed by atoms with E-state index in [1.807, 2.05) is 26.0 Å². The van der Waals surface area contributed by atoms with E-state index in [4.69, 9.17) is 16.3 Å². The fourth-order valence-corrected chi connectivity index (χ4v) is 2.74. The van der Waals surface area contributed by atoms with E-state index in [1.165, 1.54) is 0 Å². The van der Waals surface area contributed by atoms with E-state index < -0.39 is 11.9 Å². The number of hydrogen-bond acceptors (Lipinski definition) is 3. The third-order valence-electron chi connectivity index (χ3n) is 3.36. The molecule has 0 spiro atoms. The molecule has 2 N–H and O–H groups in total. The van der Waals surface area contributed by atoms with E-state index in [0.29, 0.717) is 20.9 Å². The molecule has 2 aromatic carbocycles. The van der Waals surface area contributed by atoms with Crippen LogP contribution in [-0.2, 0) is 4.79 Å². The van der Waals surface area contributed by atoms with Gasteiger partial charge in [-0.05, 0) is 65.2 Å². The van der Waals surface area contributed by atoms with Gasteiger partial charge in [0.2, 0.25) is 0 Å². The Kier molecular flexibility index (Phi) is 6.23. The highest BCUT2D eigenvalue weighted by molar-refractivity contribution is 9.10. The minimum absolute atomic E-state index is 0.291. The molecule has 2 aromatic rings. The molecule has 0 heterocycles. The van der Waals surface area contributed by atoms with Crippen LogP contribution in [-0.4, -0.2) is 18.5 Å². The number of aryl methyl sites for hydroxylation is 1. The van der Waals surface area contributed by atoms with Crippen LogP contribution < -0.4 is 15.4 Å². The van der Waals surface area contributed by atoms with Gasteiger partial charge in [-0.25, -0.2) is 4.79 Å². The van der Waals surface area contributed by atoms with E-state index >= 15 is 0 Å². The predicted octanol–water partition coefficient (Wildman–Crippen LogP) is 4.45. The average Bonchev–Trinajstić information content (AvgIpc) is 2.51. The molecule has 0 aliphatic heterocycles. The van der Waals surface area contributed by atoms with Crippen molar-refractivity contribution in [2.75, 3.05) is 11.9 Å². The zero-order valence-electron chi connectivity index (χ0n) is 13.2. The van der Waals surface area contributed by atoms with Crippen LogP contribution in [0.2, 0.25) is 5.02 Å². The first-order valence-corrected chi connectivity index (χ1v) is 8.29. The smallest absolute Gasteiger partial charge is 0.325 e. The topological polar surface area (TPSA) is 67.4 Å². The second-order valence-corrected chi connectivity index (χ2v) is 6.40. The Morgan fingerprint density at radius 2 is 1.96 bits per heavy atom. The van der Waals surface area contributed by atoms with Crippen molar-refractivity contribution in [3.8, 4) is 5.75 Å². The quantitative estimate of drug-likeness (QED) is 0.781. The van der Waals surface area contributed by atoms with E-state index in [9.17, 15) is 9.59 Å². The van der Waals surface area contributed by atoms with Crippen molar-refractivity contribution in [2.24, 2.45) is 0 Å². The van der Waals surface area contributed by atoms with E-state index in [0.717, 1.165) is 11.1 Å². The summed E-state index contributed by atoms with van der Waals surface area (Å²) in [6.07, 6.45) is 0. The van der Waals surface area contributed by atoms with Gasteiger partial charge in [0.05, 0.1) is 4.47 Å². The molecular weight excluding hydrogens is 396 g/mol. The number of imide groups is 1. The van der Waals surface area contributed by atoms with Crippen LogP contribution in [0.1, 0.15) is 11.1 Å². The molecule has 7 heteroatoms. The number of carbonyl (C=O) groups is 2. The molecule has 0 aromatic heterocycles. The minimum Gasteiger partial charge on any atom is -0.483 e. The highest BCUT2D eigenvalue weighted by Gasteiger charge is 2.11. The van der Waals surface area contributed by atoms with Crippen molar-refractivity contribution in [3.63, 3.8) is 0 Å². The summed E-state index contributed by atoms with van der Waals surface area (Å²) in [4.78, 5) is 23.7. The molecule has 0 atom stereocenters. The van der Waals surface area contributed by atoms with Gasteiger partial charge in [-0.15, -0.1) is 0 Å². The number of urea groups is 1. The van der Waals surface area contributed by atoms with Gasteiger partial charge in [-0.2, -0.15) is 0 Å². The van der Waals surface area contributed by atoms with Crippen LogP contribution in [0.15, 0.2) is 40.9 Å². The maximum Gasteiger partial charge on any atom is 0.325 e. The highest BCUT2D eigenvalue weighted by atomic mass is 79.9. The number of nitrogens with one attached hydrogen (secondary N) is 2. The molecule has 5 nitrogen and oxygen atoms in total. The molecule has 0 unspecified atom stereocenters. The van der Waals surface area contributed by atoms with E-state index in [1.54, 1.807) is 24.3 Å². The van der Waals surface area contributed by atoms with Crippen molar-refractivity contribution in [3.05, 3.63) is 57.0 Å². The molecule has 0 bridgehead atoms. The number of anilines is 1. The summed E-state index contributed by atoms with van der Waals surface area (Å²) in [7, 11) is 0. The van der Waals surface area contributed by atoms with Crippen molar-refractivity contribution in [1.29, 1.82) is 0 Å². The van der Waals surface area contributed by atoms with Gasteiger partial charge in [0, 0.05) is 10.7 Å². The number of amides is 3. The summed E-state index contributed by atoms with van der Waals surface area (Å²) in [5, 5.41) is 5.41. The van der Waals surface area contributed by atoms with Crippen molar-refractivity contribution in [1.82, 2.24) is 5.32 Å². The van der Waals surface area contributed by atoms with Gasteiger partial charge >= 0.3 is 6.03 Å². The lowest BCUT2D eigenvalue weighted by Gasteiger charge is -2.11. The van der Waals surface area contributed by atoms with Crippen LogP contribution in [0.5, 0.6) is 5.75 Å². The lowest BCUT2D eigenvalue weighted by Crippen LogP contribution is -2.37. The van der Waals surface area contributed by atoms with Crippen molar-refractivity contribution in [2.45, 2.75) is 13.8 Å². The molecular formula is C17H16BrClN2O3. The van der Waals surface area contributed by atoms with Gasteiger partial charge < -0.3 is 10.1 Å². The SMILES string of the molecule is Cc1cccc(NC(=O)NC(=O)COc2ccc(Cl)cc2Br)c1C. The van der Waals surface area contributed by atoms with E-state index in [-0.39, 0.29) is 6.61 Å². The first-order chi connectivity index (χ1) is 11.4. The second kappa shape index (κ2) is 8.17. The van der Waals surface area contributed by atoms with Crippen LogP contribution in [0.3, 0.4) is 0 Å². The van der Waals surface area contributed by atoms with Crippen LogP contribution in [0.4, 0.5) is 10.5 Å². The summed E-state index contributed by atoms with van der Waals surface area (Å²) in [6, 6.07) is 9.88. The lowest BCUT2D eigenvalue weighted by atomic mass is 10.1. The number of benzene rings is 2. The molecule has 0 fully saturated rings. The minimum atomic E-state index is -0.604. The molecule has 0 radical (unpaired) electrons. The first kappa shape index (κ1) is 18.3. The van der Waals surface area contributed by atoms with Crippen LogP contribution >= 0.6 is 27.5 Å². The van der Waals surface area contributed by atoms with Gasteiger partial charge in [-0.1, -0.05) is 23.7 Å². The number of hydrogen-bond donors (Lipinski definition) is 2. The third kappa shape index (κ3) is 4.97. The number of halogens is 2. The van der Waals surface area contributed by atoms with Crippen LogP contribution in [0, 0.1) is 13.8 Å². The Hall–Kier alpha value is -2.05. The largest absolute Gasteiger partial charge is 0.483 e. The van der Waals surface area contributed by atoms with Gasteiger partial charge in [-0.3, -0.25) is 10.1 Å². The van der Waals surface area contributed by atoms with Crippen LogP contribution in [0.25, 0.3) is 0 Å². The Bertz CT molecular complexity index is 780. The molecule has 2 rings (SSSR count). The Morgan fingerprint density at radius 3 is 2.67 bits per heavy atom. The number of ether oxygens (including phenoxy) is 1. The standard InChI is InChI=1S/C17H16BrClN2O3/c1-10-4-3-5-14(11(10)2)20-17(23)21-16(22)9-24-15-7-6-12(19)8-13(15)18/h3-8H,9H2,1-2H3,(H2,20,21,22,23). The number of carbonyl (C=O) groups excluding carboxylic acids is 2. The normalized spacial score (nSPS) is 10.2. The molecule has 3 amide bonds. The fraction of sp³-hybridized carbons (Fsp3) is 0.176. The Balaban J connectivity index is 1.87. The Labute approximate surface area is 153 Å². The Morgan fingerprint density at radius 1 is 1.21 bits per heavy atom. The summed E-state index contributed by atoms with van der Waals surface area (Å²) in [6.45, 7) is 3.55. The van der Waals surface area contributed by atoms with Crippen molar-refractivity contribution < 1.29 is 14.3 Å². The third-order valence-corrected chi connectivity index (χ3v) is 4.21. The molecule has 0 aliphatic rings. The lowest BCUT2D eigenvalue weighted by molar-refractivity contribution is -0.121.